The molecular formula is C24H24BrN3OS. The number of rotatable bonds is 5. The van der Waals surface area contributed by atoms with E-state index in [0.29, 0.717) is 4.91 Å². The summed E-state index contributed by atoms with van der Waals surface area (Å²) in [6, 6.07) is 18.6. The predicted molar refractivity (Wildman–Crippen MR) is 130 cm³/mol. The highest BCUT2D eigenvalue weighted by Crippen LogP contribution is 2.33. The largest absolute Gasteiger partial charge is 0.357 e. The van der Waals surface area contributed by atoms with Crippen LogP contribution in [-0.4, -0.2) is 16.0 Å². The van der Waals surface area contributed by atoms with Gasteiger partial charge in [0.2, 0.25) is 0 Å². The van der Waals surface area contributed by atoms with Crippen LogP contribution in [-0.2, 0) is 11.2 Å². The minimum absolute atomic E-state index is 0.0478. The van der Waals surface area contributed by atoms with Crippen molar-refractivity contribution in [1.82, 2.24) is 9.88 Å². The predicted octanol–water partition coefficient (Wildman–Crippen LogP) is 6.02. The van der Waals surface area contributed by atoms with Crippen LogP contribution in [0.2, 0.25) is 0 Å². The SMILES string of the molecule is CCc1ccc(N[C@@H]2NC(=O)/C(=C/c3cc(C)n(-c4ccccc4Br)c3C)S2)cc1. The van der Waals surface area contributed by atoms with E-state index in [1.165, 1.54) is 17.3 Å². The molecule has 1 fully saturated rings. The first kappa shape index (κ1) is 20.8. The number of benzene rings is 2. The normalized spacial score (nSPS) is 17.4. The molecule has 2 N–H and O–H groups in total. The number of para-hydroxylation sites is 1. The number of hydrogen-bond donors (Lipinski definition) is 2. The van der Waals surface area contributed by atoms with Gasteiger partial charge in [0.25, 0.3) is 5.91 Å². The Balaban J connectivity index is 1.56. The van der Waals surface area contributed by atoms with Gasteiger partial charge in [-0.1, -0.05) is 43.0 Å². The average Bonchev–Trinajstić information content (AvgIpc) is 3.21. The lowest BCUT2D eigenvalue weighted by Crippen LogP contribution is -2.30. The average molecular weight is 482 g/mol. The molecule has 1 aliphatic rings. The summed E-state index contributed by atoms with van der Waals surface area (Å²) in [4.78, 5) is 13.3. The third kappa shape index (κ3) is 4.20. The van der Waals surface area contributed by atoms with Gasteiger partial charge in [0.05, 0.1) is 10.6 Å². The standard InChI is InChI=1S/C24H24BrN3OS/c1-4-17-9-11-19(12-10-17)26-24-27-23(29)22(30-24)14-18-13-15(2)28(16(18)3)21-8-6-5-7-20(21)25/h5-14,24,26H,4H2,1-3H3,(H,27,29)/b22-14-/t24-/m1/s1. The maximum Gasteiger partial charge on any atom is 0.260 e. The molecule has 1 aliphatic heterocycles. The van der Waals surface area contributed by atoms with Crippen molar-refractivity contribution in [2.75, 3.05) is 5.32 Å². The third-order valence-corrected chi connectivity index (χ3v) is 6.94. The highest BCUT2D eigenvalue weighted by Gasteiger charge is 2.27. The Hall–Kier alpha value is -2.44. The topological polar surface area (TPSA) is 46.1 Å². The van der Waals surface area contributed by atoms with E-state index in [2.05, 4.69) is 88.3 Å². The fourth-order valence-corrected chi connectivity index (χ4v) is 5.07. The van der Waals surface area contributed by atoms with Crippen LogP contribution in [0.1, 0.15) is 29.4 Å². The molecule has 0 spiro atoms. The van der Waals surface area contributed by atoms with Gasteiger partial charge >= 0.3 is 0 Å². The van der Waals surface area contributed by atoms with E-state index in [0.717, 1.165) is 39.2 Å². The number of aryl methyl sites for hydroxylation is 2. The molecule has 6 heteroatoms. The van der Waals surface area contributed by atoms with E-state index in [1.54, 1.807) is 0 Å². The van der Waals surface area contributed by atoms with Crippen LogP contribution in [0, 0.1) is 13.8 Å². The van der Waals surface area contributed by atoms with E-state index >= 15 is 0 Å². The summed E-state index contributed by atoms with van der Waals surface area (Å²) in [6.07, 6.45) is 3.00. The molecule has 30 heavy (non-hydrogen) atoms. The number of halogens is 1. The summed E-state index contributed by atoms with van der Waals surface area (Å²) in [5, 5.41) is 6.39. The van der Waals surface area contributed by atoms with Crippen LogP contribution in [0.3, 0.4) is 0 Å². The van der Waals surface area contributed by atoms with Gasteiger partial charge in [-0.2, -0.15) is 0 Å². The summed E-state index contributed by atoms with van der Waals surface area (Å²) in [5.74, 6) is -0.0478. The molecule has 0 unspecified atom stereocenters. The monoisotopic (exact) mass is 481 g/mol. The van der Waals surface area contributed by atoms with Crippen LogP contribution in [0.4, 0.5) is 5.69 Å². The molecule has 1 atom stereocenters. The Kier molecular flexibility index (Phi) is 6.06. The number of thioether (sulfide) groups is 1. The van der Waals surface area contributed by atoms with Crippen LogP contribution >= 0.6 is 27.7 Å². The molecule has 3 aromatic rings. The molecule has 2 heterocycles. The van der Waals surface area contributed by atoms with Crippen LogP contribution < -0.4 is 10.6 Å². The van der Waals surface area contributed by atoms with Gasteiger partial charge in [-0.15, -0.1) is 0 Å². The Labute approximate surface area is 189 Å². The van der Waals surface area contributed by atoms with Crippen molar-refractivity contribution in [3.05, 3.63) is 86.5 Å². The van der Waals surface area contributed by atoms with Gasteiger partial charge in [0, 0.05) is 21.5 Å². The summed E-state index contributed by atoms with van der Waals surface area (Å²) >= 11 is 5.16. The van der Waals surface area contributed by atoms with E-state index in [4.69, 9.17) is 0 Å². The van der Waals surface area contributed by atoms with Crippen molar-refractivity contribution in [1.29, 1.82) is 0 Å². The molecule has 4 rings (SSSR count). The highest BCUT2D eigenvalue weighted by atomic mass is 79.9. The number of carbonyl (C=O) groups excluding carboxylic acids is 1. The Morgan fingerprint density at radius 3 is 2.60 bits per heavy atom. The second-order valence-corrected chi connectivity index (χ2v) is 9.29. The zero-order valence-corrected chi connectivity index (χ0v) is 19.6. The molecule has 4 nitrogen and oxygen atoms in total. The van der Waals surface area contributed by atoms with Crippen molar-refractivity contribution < 1.29 is 4.79 Å². The van der Waals surface area contributed by atoms with Crippen molar-refractivity contribution in [3.63, 3.8) is 0 Å². The molecule has 1 saturated heterocycles. The Bertz CT molecular complexity index is 1120. The fraction of sp³-hybridized carbons (Fsp3) is 0.208. The summed E-state index contributed by atoms with van der Waals surface area (Å²) in [7, 11) is 0. The van der Waals surface area contributed by atoms with Crippen LogP contribution in [0.5, 0.6) is 0 Å². The number of carbonyl (C=O) groups is 1. The zero-order chi connectivity index (χ0) is 21.3. The first-order valence-electron chi connectivity index (χ1n) is 9.95. The number of aromatic nitrogens is 1. The van der Waals surface area contributed by atoms with Gasteiger partial charge in [-0.05, 0) is 83.7 Å². The first-order valence-corrected chi connectivity index (χ1v) is 11.6. The molecule has 1 aromatic heterocycles. The highest BCUT2D eigenvalue weighted by molar-refractivity contribution is 9.10. The van der Waals surface area contributed by atoms with Gasteiger partial charge < -0.3 is 15.2 Å². The molecule has 0 aliphatic carbocycles. The second-order valence-electron chi connectivity index (χ2n) is 7.29. The van der Waals surface area contributed by atoms with E-state index < -0.39 is 0 Å². The lowest BCUT2D eigenvalue weighted by atomic mass is 10.1. The second kappa shape index (κ2) is 8.74. The fourth-order valence-electron chi connectivity index (χ4n) is 3.63. The third-order valence-electron chi connectivity index (χ3n) is 5.24. The number of nitrogens with zero attached hydrogens (tertiary/aromatic N) is 1. The Morgan fingerprint density at radius 2 is 1.90 bits per heavy atom. The van der Waals surface area contributed by atoms with Crippen molar-refractivity contribution in [2.24, 2.45) is 0 Å². The molecule has 2 aromatic carbocycles. The summed E-state index contributed by atoms with van der Waals surface area (Å²) in [5.41, 5.74) is 6.49. The van der Waals surface area contributed by atoms with Gasteiger partial charge in [0.1, 0.15) is 0 Å². The van der Waals surface area contributed by atoms with E-state index in [1.807, 2.05) is 24.3 Å². The maximum atomic E-state index is 12.6. The van der Waals surface area contributed by atoms with Gasteiger partial charge in [0.15, 0.2) is 5.50 Å². The van der Waals surface area contributed by atoms with Crippen molar-refractivity contribution >= 4 is 45.4 Å². The van der Waals surface area contributed by atoms with Gasteiger partial charge in [-0.25, -0.2) is 0 Å². The molecule has 0 bridgehead atoms. The van der Waals surface area contributed by atoms with Crippen molar-refractivity contribution in [3.8, 4) is 5.69 Å². The quantitative estimate of drug-likeness (QED) is 0.438. The molecule has 0 saturated carbocycles. The molecule has 1 amide bonds. The zero-order valence-electron chi connectivity index (χ0n) is 17.2. The number of anilines is 1. The summed E-state index contributed by atoms with van der Waals surface area (Å²) in [6.45, 7) is 6.31. The molecule has 0 radical (unpaired) electrons. The first-order chi connectivity index (χ1) is 14.5. The lowest BCUT2D eigenvalue weighted by molar-refractivity contribution is -0.116. The maximum absolute atomic E-state index is 12.6. The molecule has 154 valence electrons. The number of hydrogen-bond acceptors (Lipinski definition) is 3. The molecular weight excluding hydrogens is 458 g/mol. The van der Waals surface area contributed by atoms with E-state index in [-0.39, 0.29) is 11.4 Å². The number of amides is 1. The Morgan fingerprint density at radius 1 is 1.17 bits per heavy atom. The minimum atomic E-state index is -0.178. The van der Waals surface area contributed by atoms with Crippen LogP contribution in [0.25, 0.3) is 11.8 Å². The van der Waals surface area contributed by atoms with Gasteiger partial charge in [-0.3, -0.25) is 4.79 Å². The smallest absolute Gasteiger partial charge is 0.260 e. The van der Waals surface area contributed by atoms with E-state index in [9.17, 15) is 4.79 Å². The van der Waals surface area contributed by atoms with Crippen molar-refractivity contribution in [2.45, 2.75) is 32.7 Å². The number of nitrogens with one attached hydrogen (secondary N) is 2. The lowest BCUT2D eigenvalue weighted by Gasteiger charge is -2.13. The van der Waals surface area contributed by atoms with Crippen LogP contribution in [0.15, 0.2) is 64.0 Å². The summed E-state index contributed by atoms with van der Waals surface area (Å²) < 4.78 is 3.25. The minimum Gasteiger partial charge on any atom is -0.357 e.